The van der Waals surface area contributed by atoms with Gasteiger partial charge in [0.25, 0.3) is 5.91 Å². The number of ether oxygens (including phenoxy) is 1. The smallest absolute Gasteiger partial charge is 0.252 e. The van der Waals surface area contributed by atoms with Crippen molar-refractivity contribution >= 4 is 11.6 Å². The molecule has 3 rings (SSSR count). The van der Waals surface area contributed by atoms with Crippen LogP contribution in [0.5, 0.6) is 0 Å². The number of carbonyl (C=O) groups excluding carboxylic acids is 1. The highest BCUT2D eigenvalue weighted by atomic mass is 16.5. The largest absolute Gasteiger partial charge is 0.380 e. The number of hydrogen-bond donors (Lipinski definition) is 2. The van der Waals surface area contributed by atoms with Crippen LogP contribution in [0.15, 0.2) is 24.3 Å². The first-order valence-electron chi connectivity index (χ1n) is 8.10. The fourth-order valence-electron chi connectivity index (χ4n) is 3.30. The van der Waals surface area contributed by atoms with Gasteiger partial charge in [0.1, 0.15) is 5.60 Å². The second-order valence-electron chi connectivity index (χ2n) is 6.15. The van der Waals surface area contributed by atoms with E-state index in [4.69, 9.17) is 4.74 Å². The molecule has 1 saturated heterocycles. The zero-order valence-electron chi connectivity index (χ0n) is 12.9. The second kappa shape index (κ2) is 6.67. The lowest BCUT2D eigenvalue weighted by Crippen LogP contribution is -2.44. The summed E-state index contributed by atoms with van der Waals surface area (Å²) < 4.78 is 5.40. The van der Waals surface area contributed by atoms with E-state index < -0.39 is 5.60 Å². The Morgan fingerprint density at radius 1 is 1.23 bits per heavy atom. The van der Waals surface area contributed by atoms with Crippen molar-refractivity contribution in [2.24, 2.45) is 0 Å². The summed E-state index contributed by atoms with van der Waals surface area (Å²) in [5.41, 5.74) is 1.07. The molecular formula is C17H24N2O3. The first-order chi connectivity index (χ1) is 10.7. The van der Waals surface area contributed by atoms with Gasteiger partial charge in [-0.05, 0) is 37.3 Å². The van der Waals surface area contributed by atoms with Crippen molar-refractivity contribution in [2.45, 2.75) is 37.8 Å². The minimum atomic E-state index is -1.16. The molecule has 1 amide bonds. The molecule has 22 heavy (non-hydrogen) atoms. The molecule has 1 heterocycles. The lowest BCUT2D eigenvalue weighted by atomic mass is 10.0. The van der Waals surface area contributed by atoms with Crippen molar-refractivity contribution in [1.29, 1.82) is 0 Å². The molecule has 1 aromatic carbocycles. The van der Waals surface area contributed by atoms with Gasteiger partial charge >= 0.3 is 0 Å². The lowest BCUT2D eigenvalue weighted by molar-refractivity contribution is -0.139. The maximum atomic E-state index is 12.2. The van der Waals surface area contributed by atoms with E-state index in [2.05, 4.69) is 16.3 Å². The topological polar surface area (TPSA) is 61.8 Å². The van der Waals surface area contributed by atoms with E-state index >= 15 is 0 Å². The highest BCUT2D eigenvalue weighted by Gasteiger charge is 2.38. The Labute approximate surface area is 131 Å². The molecule has 0 atom stereocenters. The van der Waals surface area contributed by atoms with E-state index in [9.17, 15) is 9.90 Å². The van der Waals surface area contributed by atoms with E-state index in [1.54, 1.807) is 0 Å². The number of benzene rings is 1. The average molecular weight is 304 g/mol. The van der Waals surface area contributed by atoms with Crippen molar-refractivity contribution in [1.82, 2.24) is 5.32 Å². The molecule has 1 saturated carbocycles. The Bertz CT molecular complexity index is 520. The summed E-state index contributed by atoms with van der Waals surface area (Å²) in [7, 11) is 0. The number of carbonyl (C=O) groups is 1. The third-order valence-electron chi connectivity index (χ3n) is 4.64. The van der Waals surface area contributed by atoms with Gasteiger partial charge in [-0.15, -0.1) is 0 Å². The molecule has 5 nitrogen and oxygen atoms in total. The second-order valence-corrected chi connectivity index (χ2v) is 6.15. The van der Waals surface area contributed by atoms with Crippen molar-refractivity contribution in [3.63, 3.8) is 0 Å². The third-order valence-corrected chi connectivity index (χ3v) is 4.64. The number of anilines is 1. The SMILES string of the molecule is O=C(NCc1ccccc1N1CCOCC1)C1(O)CCCC1. The Balaban J connectivity index is 1.66. The molecule has 0 aromatic heterocycles. The highest BCUT2D eigenvalue weighted by molar-refractivity contribution is 5.85. The summed E-state index contributed by atoms with van der Waals surface area (Å²) in [6, 6.07) is 8.11. The minimum Gasteiger partial charge on any atom is -0.380 e. The maximum Gasteiger partial charge on any atom is 0.252 e. The van der Waals surface area contributed by atoms with E-state index in [0.29, 0.717) is 19.4 Å². The first kappa shape index (κ1) is 15.3. The summed E-state index contributed by atoms with van der Waals surface area (Å²) in [4.78, 5) is 14.5. The predicted octanol–water partition coefficient (Wildman–Crippen LogP) is 1.44. The number of aliphatic hydroxyl groups is 1. The van der Waals surface area contributed by atoms with E-state index in [-0.39, 0.29) is 5.91 Å². The Morgan fingerprint density at radius 3 is 2.64 bits per heavy atom. The summed E-state index contributed by atoms with van der Waals surface area (Å²) in [5.74, 6) is -0.234. The number of morpholine rings is 1. The fourth-order valence-corrected chi connectivity index (χ4v) is 3.30. The molecule has 2 N–H and O–H groups in total. The lowest BCUT2D eigenvalue weighted by Gasteiger charge is -2.31. The molecule has 0 bridgehead atoms. The number of para-hydroxylation sites is 1. The van der Waals surface area contributed by atoms with Crippen molar-refractivity contribution < 1.29 is 14.6 Å². The molecule has 5 heteroatoms. The molecule has 120 valence electrons. The van der Waals surface area contributed by atoms with Crippen LogP contribution in [-0.2, 0) is 16.1 Å². The predicted molar refractivity (Wildman–Crippen MR) is 84.7 cm³/mol. The van der Waals surface area contributed by atoms with Gasteiger partial charge in [0.2, 0.25) is 0 Å². The van der Waals surface area contributed by atoms with Crippen molar-refractivity contribution in [3.05, 3.63) is 29.8 Å². The van der Waals surface area contributed by atoms with Crippen LogP contribution < -0.4 is 10.2 Å². The standard InChI is InChI=1S/C17H24N2O3/c20-16(17(21)7-3-4-8-17)18-13-14-5-1-2-6-15(14)19-9-11-22-12-10-19/h1-2,5-6,21H,3-4,7-13H2,(H,18,20). The Morgan fingerprint density at radius 2 is 1.91 bits per heavy atom. The number of nitrogens with zero attached hydrogens (tertiary/aromatic N) is 1. The van der Waals surface area contributed by atoms with Gasteiger partial charge in [-0.2, -0.15) is 0 Å². The van der Waals surface area contributed by atoms with Crippen LogP contribution in [0.2, 0.25) is 0 Å². The zero-order valence-corrected chi connectivity index (χ0v) is 12.9. The molecule has 0 radical (unpaired) electrons. The van der Waals surface area contributed by atoms with Crippen LogP contribution >= 0.6 is 0 Å². The average Bonchev–Trinajstić information content (AvgIpc) is 3.02. The molecular weight excluding hydrogens is 280 g/mol. The Hall–Kier alpha value is -1.59. The number of nitrogens with one attached hydrogen (secondary N) is 1. The monoisotopic (exact) mass is 304 g/mol. The van der Waals surface area contributed by atoms with Gasteiger partial charge in [-0.25, -0.2) is 0 Å². The molecule has 1 aliphatic heterocycles. The van der Waals surface area contributed by atoms with Gasteiger partial charge in [0.15, 0.2) is 0 Å². The molecule has 2 aliphatic rings. The Kier molecular flexibility index (Phi) is 4.64. The van der Waals surface area contributed by atoms with Gasteiger partial charge < -0.3 is 20.1 Å². The zero-order chi connectivity index (χ0) is 15.4. The van der Waals surface area contributed by atoms with Crippen LogP contribution in [0, 0.1) is 0 Å². The van der Waals surface area contributed by atoms with E-state index in [1.807, 2.05) is 18.2 Å². The van der Waals surface area contributed by atoms with Crippen LogP contribution in [0.3, 0.4) is 0 Å². The number of hydrogen-bond acceptors (Lipinski definition) is 4. The van der Waals surface area contributed by atoms with Gasteiger partial charge in [-0.3, -0.25) is 4.79 Å². The van der Waals surface area contributed by atoms with Crippen LogP contribution in [0.1, 0.15) is 31.2 Å². The number of rotatable bonds is 4. The van der Waals surface area contributed by atoms with Crippen LogP contribution in [-0.4, -0.2) is 42.9 Å². The minimum absolute atomic E-state index is 0.234. The fraction of sp³-hybridized carbons (Fsp3) is 0.588. The van der Waals surface area contributed by atoms with Gasteiger partial charge in [0.05, 0.1) is 13.2 Å². The molecule has 1 aliphatic carbocycles. The molecule has 2 fully saturated rings. The highest BCUT2D eigenvalue weighted by Crippen LogP contribution is 2.30. The summed E-state index contributed by atoms with van der Waals surface area (Å²) in [6.07, 6.45) is 3.00. The van der Waals surface area contributed by atoms with E-state index in [0.717, 1.165) is 50.4 Å². The normalized spacial score (nSPS) is 20.9. The summed E-state index contributed by atoms with van der Waals surface area (Å²) >= 11 is 0. The molecule has 1 aromatic rings. The maximum absolute atomic E-state index is 12.2. The number of amides is 1. The van der Waals surface area contributed by atoms with Crippen molar-refractivity contribution in [3.8, 4) is 0 Å². The van der Waals surface area contributed by atoms with Crippen molar-refractivity contribution in [2.75, 3.05) is 31.2 Å². The quantitative estimate of drug-likeness (QED) is 0.884. The van der Waals surface area contributed by atoms with Crippen LogP contribution in [0.25, 0.3) is 0 Å². The summed E-state index contributed by atoms with van der Waals surface area (Å²) in [5, 5.41) is 13.2. The third kappa shape index (κ3) is 3.25. The molecule has 0 unspecified atom stereocenters. The van der Waals surface area contributed by atoms with Crippen LogP contribution in [0.4, 0.5) is 5.69 Å². The van der Waals surface area contributed by atoms with Gasteiger partial charge in [-0.1, -0.05) is 18.2 Å². The van der Waals surface area contributed by atoms with Gasteiger partial charge in [0, 0.05) is 25.3 Å². The van der Waals surface area contributed by atoms with E-state index in [1.165, 1.54) is 0 Å². The summed E-state index contributed by atoms with van der Waals surface area (Å²) in [6.45, 7) is 3.67. The first-order valence-corrected chi connectivity index (χ1v) is 8.10. The molecule has 0 spiro atoms.